The highest BCUT2D eigenvalue weighted by molar-refractivity contribution is 8.01. The third-order valence-corrected chi connectivity index (χ3v) is 9.21. The summed E-state index contributed by atoms with van der Waals surface area (Å²) in [6.45, 7) is 4.43. The Balaban J connectivity index is 1.48. The number of aliphatic carboxylic acids is 1. The molecule has 2 aliphatic heterocycles. The number of thiazole rings is 1. The summed E-state index contributed by atoms with van der Waals surface area (Å²) in [5, 5.41) is 27.2. The Morgan fingerprint density at radius 3 is 2.76 bits per heavy atom. The van der Waals surface area contributed by atoms with Gasteiger partial charge in [0, 0.05) is 16.9 Å². The molecule has 2 aliphatic rings. The van der Waals surface area contributed by atoms with Crippen LogP contribution in [0.4, 0.5) is 5.13 Å². The monoisotopic (exact) mass is 641 g/mol. The summed E-state index contributed by atoms with van der Waals surface area (Å²) < 4.78 is 5.82. The number of nitrogens with zero attached hydrogens (tertiary/aromatic N) is 5. The summed E-state index contributed by atoms with van der Waals surface area (Å²) in [6.07, 6.45) is 0.411. The first-order valence-electron chi connectivity index (χ1n) is 11.7. The summed E-state index contributed by atoms with van der Waals surface area (Å²) in [6, 6.07) is -1.05. The highest BCUT2D eigenvalue weighted by atomic mass is 32.2. The zero-order valence-corrected chi connectivity index (χ0v) is 24.9. The van der Waals surface area contributed by atoms with Crippen molar-refractivity contribution in [1.82, 2.24) is 25.4 Å². The molecule has 2 aromatic heterocycles. The van der Waals surface area contributed by atoms with E-state index in [-0.39, 0.29) is 22.2 Å². The van der Waals surface area contributed by atoms with Gasteiger partial charge in [-0.15, -0.1) is 33.3 Å². The number of esters is 1. The second kappa shape index (κ2) is 13.0. The number of fused-ring (bicyclic) bond motifs is 1. The second-order valence-corrected chi connectivity index (χ2v) is 13.2. The number of amides is 3. The van der Waals surface area contributed by atoms with Crippen LogP contribution in [0, 0.1) is 0 Å². The number of hydrogen-bond acceptors (Lipinski definition) is 15. The molecule has 3 N–H and O–H groups in total. The number of carboxylic acid groups (broad SMARTS) is 1. The Labute approximate surface area is 249 Å². The van der Waals surface area contributed by atoms with E-state index in [4.69, 9.17) is 9.57 Å². The van der Waals surface area contributed by atoms with E-state index in [1.807, 2.05) is 0 Å². The highest BCUT2D eigenvalue weighted by Crippen LogP contribution is 2.41. The number of hydrogen-bond donors (Lipinski definition) is 3. The van der Waals surface area contributed by atoms with Gasteiger partial charge in [0.2, 0.25) is 13.0 Å². The molecule has 3 amide bonds. The first-order chi connectivity index (χ1) is 19.5. The van der Waals surface area contributed by atoms with Gasteiger partial charge in [-0.25, -0.2) is 14.6 Å². The Morgan fingerprint density at radius 2 is 2.10 bits per heavy atom. The van der Waals surface area contributed by atoms with Crippen LogP contribution >= 0.6 is 46.2 Å². The van der Waals surface area contributed by atoms with Gasteiger partial charge >= 0.3 is 11.9 Å². The molecule has 0 bridgehead atoms. The van der Waals surface area contributed by atoms with Crippen molar-refractivity contribution in [2.24, 2.45) is 5.16 Å². The van der Waals surface area contributed by atoms with E-state index >= 15 is 0 Å². The Kier molecular flexibility index (Phi) is 9.61. The molecule has 1 fully saturated rings. The molecule has 0 radical (unpaired) electrons. The lowest BCUT2D eigenvalue weighted by Gasteiger charge is -2.49. The number of β-lactam (4-membered cyclic amide) rings is 1. The van der Waals surface area contributed by atoms with Crippen LogP contribution in [0.5, 0.6) is 0 Å². The minimum atomic E-state index is -1.25. The fourth-order valence-corrected chi connectivity index (χ4v) is 7.23. The van der Waals surface area contributed by atoms with Crippen molar-refractivity contribution in [2.45, 2.75) is 42.1 Å². The molecule has 218 valence electrons. The number of carbonyl (C=O) groups excluding carboxylic acids is 4. The lowest BCUT2D eigenvalue weighted by molar-refractivity contribution is -0.160. The van der Waals surface area contributed by atoms with E-state index in [2.05, 4.69) is 31.0 Å². The van der Waals surface area contributed by atoms with Crippen LogP contribution in [0.2, 0.25) is 0 Å². The van der Waals surface area contributed by atoms with E-state index in [9.17, 15) is 29.1 Å². The number of oxime groups is 1. The van der Waals surface area contributed by atoms with Gasteiger partial charge < -0.3 is 25.3 Å². The van der Waals surface area contributed by atoms with Crippen LogP contribution in [0.1, 0.15) is 26.5 Å². The fourth-order valence-electron chi connectivity index (χ4n) is 3.60. The van der Waals surface area contributed by atoms with Gasteiger partial charge in [-0.05, 0) is 26.3 Å². The third-order valence-electron chi connectivity index (χ3n) is 5.15. The minimum Gasteiger partial charge on any atom is -0.477 e. The molecule has 0 aliphatic carbocycles. The van der Waals surface area contributed by atoms with Gasteiger partial charge in [0.15, 0.2) is 15.2 Å². The lowest BCUT2D eigenvalue weighted by atomic mass is 10.0. The number of ether oxygens (including phenoxy) is 1. The number of rotatable bonds is 12. The van der Waals surface area contributed by atoms with E-state index in [1.165, 1.54) is 40.2 Å². The Morgan fingerprint density at radius 1 is 1.32 bits per heavy atom. The average Bonchev–Trinajstić information content (AvgIpc) is 3.59. The van der Waals surface area contributed by atoms with Crippen molar-refractivity contribution >= 4 is 87.2 Å². The molecule has 41 heavy (non-hydrogen) atoms. The van der Waals surface area contributed by atoms with E-state index < -0.39 is 47.4 Å². The van der Waals surface area contributed by atoms with Crippen molar-refractivity contribution in [3.05, 3.63) is 27.9 Å². The first kappa shape index (κ1) is 30.4. The third kappa shape index (κ3) is 7.40. The second-order valence-electron chi connectivity index (χ2n) is 9.21. The molecule has 19 heteroatoms. The number of nitrogens with one attached hydrogen (secondary N) is 2. The quantitative estimate of drug-likeness (QED) is 0.0745. The van der Waals surface area contributed by atoms with Gasteiger partial charge in [0.1, 0.15) is 33.9 Å². The zero-order valence-electron chi connectivity index (χ0n) is 21.7. The summed E-state index contributed by atoms with van der Waals surface area (Å²) in [4.78, 5) is 71.6. The standard InChI is InChI=1S/C22H23N7O8S4/c1-22(2,3)37-12(31)4-36-28-13(11-7-39-20(25-11)23-8-30)16(32)26-14-17(33)29-15(19(34)35)10(5-38-18(14)29)6-40-21-27-24-9-41-21/h7-9,14,18H,4-6H2,1-3H3,(H,26,32)(H,34,35)(H,23,25,30)/t14?,18-/m0/s1. The van der Waals surface area contributed by atoms with Gasteiger partial charge in [-0.2, -0.15) is 0 Å². The lowest BCUT2D eigenvalue weighted by Crippen LogP contribution is -2.71. The van der Waals surface area contributed by atoms with Crippen molar-refractivity contribution < 1.29 is 38.7 Å². The molecule has 2 atom stereocenters. The number of aromatic nitrogens is 3. The molecule has 0 aromatic carbocycles. The van der Waals surface area contributed by atoms with Crippen LogP contribution in [0.25, 0.3) is 0 Å². The summed E-state index contributed by atoms with van der Waals surface area (Å²) >= 11 is 4.96. The maximum Gasteiger partial charge on any atom is 0.352 e. The van der Waals surface area contributed by atoms with Crippen LogP contribution < -0.4 is 10.6 Å². The number of anilines is 1. The van der Waals surface area contributed by atoms with Crippen LogP contribution in [-0.2, 0) is 33.5 Å². The molecule has 2 aromatic rings. The minimum absolute atomic E-state index is 0.0167. The van der Waals surface area contributed by atoms with Gasteiger partial charge in [-0.3, -0.25) is 19.3 Å². The van der Waals surface area contributed by atoms with Gasteiger partial charge in [0.05, 0.1) is 0 Å². The van der Waals surface area contributed by atoms with Crippen LogP contribution in [0.15, 0.2) is 31.7 Å². The summed E-state index contributed by atoms with van der Waals surface area (Å²) in [7, 11) is 0. The number of carboxylic acids is 1. The molecule has 15 nitrogen and oxygen atoms in total. The van der Waals surface area contributed by atoms with E-state index in [0.717, 1.165) is 16.2 Å². The van der Waals surface area contributed by atoms with E-state index in [0.29, 0.717) is 27.8 Å². The number of thioether (sulfide) groups is 2. The zero-order chi connectivity index (χ0) is 29.7. The summed E-state index contributed by atoms with van der Waals surface area (Å²) in [5.74, 6) is -2.81. The summed E-state index contributed by atoms with van der Waals surface area (Å²) in [5.41, 5.74) is 0.885. The van der Waals surface area contributed by atoms with Gasteiger partial charge in [-0.1, -0.05) is 28.3 Å². The fraction of sp³-hybridized carbons (Fsp3) is 0.409. The normalized spacial score (nSPS) is 18.8. The van der Waals surface area contributed by atoms with Crippen LogP contribution in [-0.4, -0.2) is 96.2 Å². The molecular formula is C22H23N7O8S4. The van der Waals surface area contributed by atoms with Crippen molar-refractivity contribution in [2.75, 3.05) is 23.4 Å². The highest BCUT2D eigenvalue weighted by Gasteiger charge is 2.54. The molecule has 1 saturated heterocycles. The SMILES string of the molecule is CC(C)(C)OC(=O)CON=C(C(=O)NC1C(=O)N2C(C(=O)O)=C(CSc3nncs3)CS[C@@H]12)c1csc(NC=O)n1. The molecule has 4 heterocycles. The van der Waals surface area contributed by atoms with E-state index in [1.54, 1.807) is 26.3 Å². The molecule has 4 rings (SSSR count). The Hall–Kier alpha value is -3.55. The van der Waals surface area contributed by atoms with Gasteiger partial charge in [0.25, 0.3) is 11.8 Å². The smallest absolute Gasteiger partial charge is 0.352 e. The largest absolute Gasteiger partial charge is 0.477 e. The van der Waals surface area contributed by atoms with Crippen molar-refractivity contribution in [1.29, 1.82) is 0 Å². The molecule has 1 unspecified atom stereocenters. The predicted molar refractivity (Wildman–Crippen MR) is 150 cm³/mol. The molecule has 0 saturated carbocycles. The predicted octanol–water partition coefficient (Wildman–Crippen LogP) is 1.16. The average molecular weight is 642 g/mol. The molecule has 0 spiro atoms. The van der Waals surface area contributed by atoms with Crippen molar-refractivity contribution in [3.63, 3.8) is 0 Å². The Bertz CT molecular complexity index is 1400. The van der Waals surface area contributed by atoms with Crippen molar-refractivity contribution in [3.8, 4) is 0 Å². The number of carbonyl (C=O) groups is 5. The molecular weight excluding hydrogens is 619 g/mol. The first-order valence-corrected chi connectivity index (χ1v) is 15.5. The maximum absolute atomic E-state index is 13.3. The maximum atomic E-state index is 13.3. The van der Waals surface area contributed by atoms with Crippen LogP contribution in [0.3, 0.4) is 0 Å². The topological polar surface area (TPSA) is 202 Å².